The Labute approximate surface area is 127 Å². The molecule has 1 amide bonds. The zero-order valence-corrected chi connectivity index (χ0v) is 12.1. The standard InChI is InChI=1S/C17H16FNO3/c1-12(17(21)19-15-9-7-14(18)8-10-15)22-16(20)11-13-5-3-2-4-6-13/h2-10,12H,11H2,1H3,(H,19,21). The lowest BCUT2D eigenvalue weighted by Crippen LogP contribution is -2.30. The van der Waals surface area contributed by atoms with E-state index in [1.807, 2.05) is 30.3 Å². The summed E-state index contributed by atoms with van der Waals surface area (Å²) in [6, 6.07) is 14.5. The van der Waals surface area contributed by atoms with Gasteiger partial charge in [-0.05, 0) is 36.8 Å². The van der Waals surface area contributed by atoms with Gasteiger partial charge < -0.3 is 10.1 Å². The van der Waals surface area contributed by atoms with Crippen LogP contribution in [0.4, 0.5) is 10.1 Å². The highest BCUT2D eigenvalue weighted by atomic mass is 19.1. The minimum atomic E-state index is -0.929. The van der Waals surface area contributed by atoms with Gasteiger partial charge in [0.05, 0.1) is 6.42 Å². The van der Waals surface area contributed by atoms with Crippen molar-refractivity contribution < 1.29 is 18.7 Å². The highest BCUT2D eigenvalue weighted by molar-refractivity contribution is 5.95. The van der Waals surface area contributed by atoms with Crippen LogP contribution < -0.4 is 5.32 Å². The molecule has 1 atom stereocenters. The molecular formula is C17H16FNO3. The van der Waals surface area contributed by atoms with Crippen molar-refractivity contribution in [3.63, 3.8) is 0 Å². The van der Waals surface area contributed by atoms with Crippen LogP contribution in [0, 0.1) is 5.82 Å². The van der Waals surface area contributed by atoms with E-state index in [-0.39, 0.29) is 12.2 Å². The first-order valence-corrected chi connectivity index (χ1v) is 6.84. The molecule has 5 heteroatoms. The molecule has 0 bridgehead atoms. The predicted octanol–water partition coefficient (Wildman–Crippen LogP) is 2.94. The number of hydrogen-bond acceptors (Lipinski definition) is 3. The van der Waals surface area contributed by atoms with Crippen molar-refractivity contribution >= 4 is 17.6 Å². The predicted molar refractivity (Wildman–Crippen MR) is 80.7 cm³/mol. The molecule has 2 aromatic carbocycles. The molecule has 0 spiro atoms. The molecule has 0 aliphatic rings. The van der Waals surface area contributed by atoms with Gasteiger partial charge in [-0.15, -0.1) is 0 Å². The number of nitrogens with one attached hydrogen (secondary N) is 1. The number of amides is 1. The van der Waals surface area contributed by atoms with Crippen LogP contribution in [0.3, 0.4) is 0 Å². The van der Waals surface area contributed by atoms with E-state index in [2.05, 4.69) is 5.32 Å². The molecule has 22 heavy (non-hydrogen) atoms. The Hall–Kier alpha value is -2.69. The van der Waals surface area contributed by atoms with Gasteiger partial charge in [-0.1, -0.05) is 30.3 Å². The maximum atomic E-state index is 12.8. The summed E-state index contributed by atoms with van der Waals surface area (Å²) in [7, 11) is 0. The lowest BCUT2D eigenvalue weighted by atomic mass is 10.1. The van der Waals surface area contributed by atoms with E-state index in [0.717, 1.165) is 5.56 Å². The second-order valence-electron chi connectivity index (χ2n) is 4.79. The van der Waals surface area contributed by atoms with Gasteiger partial charge in [0.15, 0.2) is 6.10 Å². The largest absolute Gasteiger partial charge is 0.452 e. The van der Waals surface area contributed by atoms with Gasteiger partial charge in [0, 0.05) is 5.69 Å². The quantitative estimate of drug-likeness (QED) is 0.864. The summed E-state index contributed by atoms with van der Waals surface area (Å²) < 4.78 is 17.9. The number of anilines is 1. The molecule has 114 valence electrons. The van der Waals surface area contributed by atoms with Gasteiger partial charge in [0.1, 0.15) is 5.82 Å². The van der Waals surface area contributed by atoms with E-state index in [4.69, 9.17) is 4.74 Å². The van der Waals surface area contributed by atoms with Gasteiger partial charge in [-0.3, -0.25) is 9.59 Å². The second kappa shape index (κ2) is 7.36. The van der Waals surface area contributed by atoms with E-state index in [1.165, 1.54) is 31.2 Å². The van der Waals surface area contributed by atoms with Crippen LogP contribution in [0.1, 0.15) is 12.5 Å². The summed E-state index contributed by atoms with van der Waals surface area (Å²) in [5, 5.41) is 2.56. The fourth-order valence-electron chi connectivity index (χ4n) is 1.83. The Bertz CT molecular complexity index is 641. The van der Waals surface area contributed by atoms with Gasteiger partial charge in [-0.2, -0.15) is 0 Å². The van der Waals surface area contributed by atoms with Crippen molar-refractivity contribution in [2.75, 3.05) is 5.32 Å². The van der Waals surface area contributed by atoms with Crippen LogP contribution in [-0.2, 0) is 20.7 Å². The average molecular weight is 301 g/mol. The second-order valence-corrected chi connectivity index (χ2v) is 4.79. The molecule has 0 aromatic heterocycles. The van der Waals surface area contributed by atoms with Crippen LogP contribution in [0.2, 0.25) is 0 Å². The van der Waals surface area contributed by atoms with Crippen molar-refractivity contribution in [1.82, 2.24) is 0 Å². The smallest absolute Gasteiger partial charge is 0.311 e. The topological polar surface area (TPSA) is 55.4 Å². The zero-order chi connectivity index (χ0) is 15.9. The number of carbonyl (C=O) groups is 2. The maximum Gasteiger partial charge on any atom is 0.311 e. The summed E-state index contributed by atoms with van der Waals surface area (Å²) in [6.45, 7) is 1.49. The van der Waals surface area contributed by atoms with Crippen LogP contribution in [-0.4, -0.2) is 18.0 Å². The lowest BCUT2D eigenvalue weighted by Gasteiger charge is -2.13. The average Bonchev–Trinajstić information content (AvgIpc) is 2.50. The molecule has 2 rings (SSSR count). The van der Waals surface area contributed by atoms with Gasteiger partial charge in [-0.25, -0.2) is 4.39 Å². The third kappa shape index (κ3) is 4.70. The fourth-order valence-corrected chi connectivity index (χ4v) is 1.83. The monoisotopic (exact) mass is 301 g/mol. The highest BCUT2D eigenvalue weighted by Crippen LogP contribution is 2.10. The normalized spacial score (nSPS) is 11.5. The first-order valence-electron chi connectivity index (χ1n) is 6.84. The third-order valence-electron chi connectivity index (χ3n) is 2.98. The fraction of sp³-hybridized carbons (Fsp3) is 0.176. The minimum Gasteiger partial charge on any atom is -0.452 e. The molecule has 0 aliphatic heterocycles. The van der Waals surface area contributed by atoms with Crippen molar-refractivity contribution in [2.24, 2.45) is 0 Å². The van der Waals surface area contributed by atoms with E-state index >= 15 is 0 Å². The molecule has 0 aliphatic carbocycles. The summed E-state index contributed by atoms with van der Waals surface area (Å²) in [6.07, 6.45) is -0.823. The number of ether oxygens (including phenoxy) is 1. The molecule has 4 nitrogen and oxygen atoms in total. The Kier molecular flexibility index (Phi) is 5.25. The zero-order valence-electron chi connectivity index (χ0n) is 12.1. The van der Waals surface area contributed by atoms with Gasteiger partial charge in [0.2, 0.25) is 0 Å². The van der Waals surface area contributed by atoms with Gasteiger partial charge >= 0.3 is 5.97 Å². The number of benzene rings is 2. The van der Waals surface area contributed by atoms with Crippen molar-refractivity contribution in [1.29, 1.82) is 0 Å². The van der Waals surface area contributed by atoms with E-state index in [9.17, 15) is 14.0 Å². The molecule has 2 aromatic rings. The molecule has 0 fully saturated rings. The number of halogens is 1. The molecule has 0 heterocycles. The van der Waals surface area contributed by atoms with Crippen LogP contribution in [0.25, 0.3) is 0 Å². The Morgan fingerprint density at radius 2 is 1.73 bits per heavy atom. The first kappa shape index (κ1) is 15.7. The van der Waals surface area contributed by atoms with Crippen molar-refractivity contribution in [2.45, 2.75) is 19.4 Å². The van der Waals surface area contributed by atoms with E-state index in [1.54, 1.807) is 0 Å². The third-order valence-corrected chi connectivity index (χ3v) is 2.98. The molecule has 1 N–H and O–H groups in total. The Balaban J connectivity index is 1.85. The maximum absolute atomic E-state index is 12.8. The highest BCUT2D eigenvalue weighted by Gasteiger charge is 2.18. The summed E-state index contributed by atoms with van der Waals surface area (Å²) in [4.78, 5) is 23.7. The van der Waals surface area contributed by atoms with Crippen molar-refractivity contribution in [3.8, 4) is 0 Å². The number of esters is 1. The number of hydrogen-bond donors (Lipinski definition) is 1. The minimum absolute atomic E-state index is 0.106. The summed E-state index contributed by atoms with van der Waals surface area (Å²) >= 11 is 0. The van der Waals surface area contributed by atoms with E-state index in [0.29, 0.717) is 5.69 Å². The van der Waals surface area contributed by atoms with Crippen molar-refractivity contribution in [3.05, 3.63) is 66.0 Å². The summed E-state index contributed by atoms with van der Waals surface area (Å²) in [5.41, 5.74) is 1.26. The number of rotatable bonds is 5. The molecule has 1 unspecified atom stereocenters. The Morgan fingerprint density at radius 1 is 1.09 bits per heavy atom. The van der Waals surface area contributed by atoms with Gasteiger partial charge in [0.25, 0.3) is 5.91 Å². The Morgan fingerprint density at radius 3 is 2.36 bits per heavy atom. The first-order chi connectivity index (χ1) is 10.5. The van der Waals surface area contributed by atoms with Crippen LogP contribution in [0.5, 0.6) is 0 Å². The number of carbonyl (C=O) groups excluding carboxylic acids is 2. The molecule has 0 saturated carbocycles. The molecule has 0 saturated heterocycles. The molecular weight excluding hydrogens is 285 g/mol. The molecule has 0 radical (unpaired) electrons. The summed E-state index contributed by atoms with van der Waals surface area (Å²) in [5.74, 6) is -1.33. The van der Waals surface area contributed by atoms with Crippen LogP contribution in [0.15, 0.2) is 54.6 Å². The van der Waals surface area contributed by atoms with E-state index < -0.39 is 18.0 Å². The SMILES string of the molecule is CC(OC(=O)Cc1ccccc1)C(=O)Nc1ccc(F)cc1. The van der Waals surface area contributed by atoms with Crippen LogP contribution >= 0.6 is 0 Å². The lowest BCUT2D eigenvalue weighted by molar-refractivity contribution is -0.152.